The fourth-order valence-electron chi connectivity index (χ4n) is 1.30. The van der Waals surface area contributed by atoms with Crippen LogP contribution >= 0.6 is 11.6 Å². The topological polar surface area (TPSA) is 38.3 Å². The van der Waals surface area contributed by atoms with Gasteiger partial charge in [-0.25, -0.2) is 0 Å². The van der Waals surface area contributed by atoms with E-state index in [1.165, 1.54) is 0 Å². The minimum Gasteiger partial charge on any atom is -0.479 e. The Morgan fingerprint density at radius 1 is 1.59 bits per heavy atom. The summed E-state index contributed by atoms with van der Waals surface area (Å²) in [6, 6.07) is 7.10. The number of nitrogens with one attached hydrogen (secondary N) is 1. The third-order valence-electron chi connectivity index (χ3n) is 2.19. The molecule has 1 aromatic rings. The van der Waals surface area contributed by atoms with Crippen LogP contribution in [0.15, 0.2) is 36.9 Å². The third kappa shape index (κ3) is 4.11. The van der Waals surface area contributed by atoms with Gasteiger partial charge in [-0.3, -0.25) is 4.79 Å². The van der Waals surface area contributed by atoms with Crippen LogP contribution in [0.5, 0.6) is 5.75 Å². The fraction of sp³-hybridized carbons (Fsp3) is 0.308. The zero-order valence-corrected chi connectivity index (χ0v) is 10.5. The van der Waals surface area contributed by atoms with Gasteiger partial charge in [-0.15, -0.1) is 6.58 Å². The first-order valence-electron chi connectivity index (χ1n) is 5.48. The van der Waals surface area contributed by atoms with E-state index in [2.05, 4.69) is 11.9 Å². The Balaban J connectivity index is 2.66. The number of halogens is 1. The van der Waals surface area contributed by atoms with Crippen LogP contribution in [0.3, 0.4) is 0 Å². The summed E-state index contributed by atoms with van der Waals surface area (Å²) in [5, 5.41) is 3.20. The van der Waals surface area contributed by atoms with E-state index in [0.717, 1.165) is 0 Å². The fourth-order valence-corrected chi connectivity index (χ4v) is 1.48. The van der Waals surface area contributed by atoms with Crippen molar-refractivity contribution in [1.29, 1.82) is 0 Å². The maximum absolute atomic E-state index is 11.7. The van der Waals surface area contributed by atoms with E-state index in [4.69, 9.17) is 16.3 Å². The molecule has 0 saturated heterocycles. The van der Waals surface area contributed by atoms with Gasteiger partial charge in [0.1, 0.15) is 5.75 Å². The van der Waals surface area contributed by atoms with Crippen LogP contribution in [0.4, 0.5) is 0 Å². The second-order valence-corrected chi connectivity index (χ2v) is 3.89. The van der Waals surface area contributed by atoms with E-state index >= 15 is 0 Å². The Labute approximate surface area is 106 Å². The molecule has 1 rings (SSSR count). The van der Waals surface area contributed by atoms with Crippen LogP contribution in [-0.4, -0.2) is 18.6 Å². The van der Waals surface area contributed by atoms with Crippen molar-refractivity contribution in [2.75, 3.05) is 6.54 Å². The smallest absolute Gasteiger partial charge is 0.261 e. The molecule has 0 saturated carbocycles. The SMILES string of the molecule is C=CCNC(=O)[C@@H](CC)Oc1ccccc1Cl. The molecule has 1 N–H and O–H groups in total. The van der Waals surface area contributed by atoms with Gasteiger partial charge in [0.2, 0.25) is 0 Å². The van der Waals surface area contributed by atoms with Crippen LogP contribution in [0, 0.1) is 0 Å². The lowest BCUT2D eigenvalue weighted by Crippen LogP contribution is -2.38. The molecule has 0 aliphatic heterocycles. The van der Waals surface area contributed by atoms with Crippen LogP contribution in [-0.2, 0) is 4.79 Å². The maximum Gasteiger partial charge on any atom is 0.261 e. The van der Waals surface area contributed by atoms with E-state index in [0.29, 0.717) is 23.7 Å². The van der Waals surface area contributed by atoms with Crippen molar-refractivity contribution >= 4 is 17.5 Å². The minimum atomic E-state index is -0.533. The molecule has 0 spiro atoms. The summed E-state index contributed by atoms with van der Waals surface area (Å²) in [5.74, 6) is 0.363. The molecule has 0 aromatic heterocycles. The molecule has 1 aromatic carbocycles. The van der Waals surface area contributed by atoms with Gasteiger partial charge in [-0.2, -0.15) is 0 Å². The summed E-state index contributed by atoms with van der Waals surface area (Å²) in [6.07, 6.45) is 1.67. The normalized spacial score (nSPS) is 11.6. The number of carbonyl (C=O) groups excluding carboxylic acids is 1. The molecule has 1 amide bonds. The highest BCUT2D eigenvalue weighted by Gasteiger charge is 2.18. The van der Waals surface area contributed by atoms with Crippen molar-refractivity contribution in [3.8, 4) is 5.75 Å². The van der Waals surface area contributed by atoms with Gasteiger partial charge in [0.25, 0.3) is 5.91 Å². The summed E-state index contributed by atoms with van der Waals surface area (Å²) in [6.45, 7) is 5.85. The van der Waals surface area contributed by atoms with Crippen molar-refractivity contribution in [2.24, 2.45) is 0 Å². The average Bonchev–Trinajstić information content (AvgIpc) is 2.35. The van der Waals surface area contributed by atoms with Gasteiger partial charge in [0, 0.05) is 6.54 Å². The molecule has 4 heteroatoms. The summed E-state index contributed by atoms with van der Waals surface area (Å²) in [4.78, 5) is 11.7. The molecule has 0 aliphatic carbocycles. The van der Waals surface area contributed by atoms with Gasteiger partial charge in [-0.1, -0.05) is 36.7 Å². The Morgan fingerprint density at radius 3 is 2.88 bits per heavy atom. The second kappa shape index (κ2) is 6.97. The number of amides is 1. The summed E-state index contributed by atoms with van der Waals surface area (Å²) in [5.41, 5.74) is 0. The molecular formula is C13H16ClNO2. The summed E-state index contributed by atoms with van der Waals surface area (Å²) in [7, 11) is 0. The molecule has 1 atom stereocenters. The highest BCUT2D eigenvalue weighted by Crippen LogP contribution is 2.24. The number of para-hydroxylation sites is 1. The molecule has 0 bridgehead atoms. The lowest BCUT2D eigenvalue weighted by molar-refractivity contribution is -0.127. The lowest BCUT2D eigenvalue weighted by Gasteiger charge is -2.17. The number of hydrogen-bond donors (Lipinski definition) is 1. The first-order chi connectivity index (χ1) is 8.19. The van der Waals surface area contributed by atoms with Gasteiger partial charge in [-0.05, 0) is 18.6 Å². The average molecular weight is 254 g/mol. The van der Waals surface area contributed by atoms with Crippen LogP contribution in [0.2, 0.25) is 5.02 Å². The Hall–Kier alpha value is -1.48. The van der Waals surface area contributed by atoms with E-state index in [1.54, 1.807) is 18.2 Å². The first kappa shape index (κ1) is 13.6. The molecular weight excluding hydrogens is 238 g/mol. The Bertz CT molecular complexity index is 393. The number of carbonyl (C=O) groups is 1. The largest absolute Gasteiger partial charge is 0.479 e. The molecule has 17 heavy (non-hydrogen) atoms. The van der Waals surface area contributed by atoms with Crippen LogP contribution in [0.25, 0.3) is 0 Å². The molecule has 92 valence electrons. The van der Waals surface area contributed by atoms with E-state index < -0.39 is 6.10 Å². The van der Waals surface area contributed by atoms with Gasteiger partial charge in [0.15, 0.2) is 6.10 Å². The number of benzene rings is 1. The van der Waals surface area contributed by atoms with Gasteiger partial charge < -0.3 is 10.1 Å². The van der Waals surface area contributed by atoms with Crippen molar-refractivity contribution in [1.82, 2.24) is 5.32 Å². The molecule has 3 nitrogen and oxygen atoms in total. The predicted molar refractivity (Wildman–Crippen MR) is 69.4 cm³/mol. The third-order valence-corrected chi connectivity index (χ3v) is 2.50. The summed E-state index contributed by atoms with van der Waals surface area (Å²) >= 11 is 5.96. The number of rotatable bonds is 6. The van der Waals surface area contributed by atoms with Crippen molar-refractivity contribution in [3.05, 3.63) is 41.9 Å². The lowest BCUT2D eigenvalue weighted by atomic mass is 10.2. The molecule has 0 fully saturated rings. The molecule has 0 aliphatic rings. The van der Waals surface area contributed by atoms with Crippen LogP contribution < -0.4 is 10.1 Å². The highest BCUT2D eigenvalue weighted by molar-refractivity contribution is 6.32. The Kier molecular flexibility index (Phi) is 5.57. The Morgan fingerprint density at radius 2 is 2.29 bits per heavy atom. The zero-order chi connectivity index (χ0) is 12.7. The summed E-state index contributed by atoms with van der Waals surface area (Å²) < 4.78 is 5.57. The quantitative estimate of drug-likeness (QED) is 0.792. The van der Waals surface area contributed by atoms with Crippen LogP contribution in [0.1, 0.15) is 13.3 Å². The second-order valence-electron chi connectivity index (χ2n) is 3.48. The minimum absolute atomic E-state index is 0.160. The molecule has 0 unspecified atom stereocenters. The monoisotopic (exact) mass is 253 g/mol. The maximum atomic E-state index is 11.7. The van der Waals surface area contributed by atoms with Gasteiger partial charge in [0.05, 0.1) is 5.02 Å². The highest BCUT2D eigenvalue weighted by atomic mass is 35.5. The van der Waals surface area contributed by atoms with Crippen molar-refractivity contribution < 1.29 is 9.53 Å². The standard InChI is InChI=1S/C13H16ClNO2/c1-3-9-15-13(16)11(4-2)17-12-8-6-5-7-10(12)14/h3,5-8,11H,1,4,9H2,2H3,(H,15,16)/t11-/m1/s1. The molecule has 0 heterocycles. The van der Waals surface area contributed by atoms with E-state index in [9.17, 15) is 4.79 Å². The number of ether oxygens (including phenoxy) is 1. The number of hydrogen-bond acceptors (Lipinski definition) is 2. The first-order valence-corrected chi connectivity index (χ1v) is 5.86. The zero-order valence-electron chi connectivity index (χ0n) is 9.78. The predicted octanol–water partition coefficient (Wildman–Crippen LogP) is 2.80. The van der Waals surface area contributed by atoms with E-state index in [-0.39, 0.29) is 5.91 Å². The van der Waals surface area contributed by atoms with E-state index in [1.807, 2.05) is 19.1 Å². The van der Waals surface area contributed by atoms with Gasteiger partial charge >= 0.3 is 0 Å². The van der Waals surface area contributed by atoms with Crippen molar-refractivity contribution in [2.45, 2.75) is 19.4 Å². The van der Waals surface area contributed by atoms with Crippen molar-refractivity contribution in [3.63, 3.8) is 0 Å². The molecule has 0 radical (unpaired) electrons.